The Kier molecular flexibility index (Phi) is 5.20. The van der Waals surface area contributed by atoms with Crippen molar-refractivity contribution in [1.82, 2.24) is 4.98 Å². The molecule has 2 aliphatic heterocycles. The number of pyridine rings is 1. The van der Waals surface area contributed by atoms with Crippen molar-refractivity contribution >= 4 is 62.8 Å². The van der Waals surface area contributed by atoms with Crippen LogP contribution in [0.3, 0.4) is 0 Å². The summed E-state index contributed by atoms with van der Waals surface area (Å²) in [5.74, 6) is 2.07. The Hall–Kier alpha value is -3.08. The molecule has 1 aromatic heterocycles. The van der Waals surface area contributed by atoms with Crippen molar-refractivity contribution in [3.63, 3.8) is 0 Å². The number of aromatic nitrogens is 1. The van der Waals surface area contributed by atoms with Crippen LogP contribution in [-0.2, 0) is 6.42 Å². The van der Waals surface area contributed by atoms with E-state index in [2.05, 4.69) is 52.3 Å². The standard InChI is InChI=1S/C27H22Cl2N4/c28-22-13-12-19(17-23(22)29)32-15-6-11-25(32)31-26-20-9-4-5-10-24(20)30-27-21(26)14-16-33(27)18-7-2-1-3-8-18/h1-5,7-10,12-13,17H,6,11,14-16H2. The van der Waals surface area contributed by atoms with Gasteiger partial charge in [0.2, 0.25) is 0 Å². The number of anilines is 3. The van der Waals surface area contributed by atoms with Crippen molar-refractivity contribution in [2.45, 2.75) is 19.3 Å². The maximum atomic E-state index is 6.32. The van der Waals surface area contributed by atoms with Gasteiger partial charge in [0.1, 0.15) is 11.7 Å². The van der Waals surface area contributed by atoms with Crippen molar-refractivity contribution in [3.05, 3.63) is 88.4 Å². The highest BCUT2D eigenvalue weighted by atomic mass is 35.5. The van der Waals surface area contributed by atoms with Crippen LogP contribution in [-0.4, -0.2) is 23.9 Å². The topological polar surface area (TPSA) is 31.7 Å². The predicted molar refractivity (Wildman–Crippen MR) is 139 cm³/mol. The Morgan fingerprint density at radius 3 is 2.42 bits per heavy atom. The number of fused-ring (bicyclic) bond motifs is 2. The average molecular weight is 473 g/mol. The smallest absolute Gasteiger partial charge is 0.139 e. The number of amidine groups is 1. The lowest BCUT2D eigenvalue weighted by Gasteiger charge is -2.21. The summed E-state index contributed by atoms with van der Waals surface area (Å²) in [6.07, 6.45) is 2.90. The Labute approximate surface area is 203 Å². The van der Waals surface area contributed by atoms with Crippen LogP contribution >= 0.6 is 23.2 Å². The molecule has 3 aromatic carbocycles. The predicted octanol–water partition coefficient (Wildman–Crippen LogP) is 7.57. The zero-order valence-corrected chi connectivity index (χ0v) is 19.5. The number of rotatable bonds is 3. The summed E-state index contributed by atoms with van der Waals surface area (Å²) in [7, 11) is 0. The summed E-state index contributed by atoms with van der Waals surface area (Å²) >= 11 is 12.5. The molecule has 33 heavy (non-hydrogen) atoms. The summed E-state index contributed by atoms with van der Waals surface area (Å²) in [6.45, 7) is 1.81. The minimum absolute atomic E-state index is 0.564. The molecular weight excluding hydrogens is 451 g/mol. The third-order valence-electron chi connectivity index (χ3n) is 6.40. The number of nitrogens with zero attached hydrogens (tertiary/aromatic N) is 4. The number of para-hydroxylation sites is 2. The van der Waals surface area contributed by atoms with E-state index in [9.17, 15) is 0 Å². The van der Waals surface area contributed by atoms with Crippen LogP contribution in [0.1, 0.15) is 18.4 Å². The van der Waals surface area contributed by atoms with Crippen LogP contribution < -0.4 is 9.80 Å². The molecule has 0 aliphatic carbocycles. The number of benzene rings is 3. The molecule has 4 aromatic rings. The summed E-state index contributed by atoms with van der Waals surface area (Å²) in [4.78, 5) is 14.9. The molecule has 0 radical (unpaired) electrons. The molecule has 6 rings (SSSR count). The van der Waals surface area contributed by atoms with Crippen LogP contribution in [0.2, 0.25) is 10.0 Å². The molecule has 0 amide bonds. The van der Waals surface area contributed by atoms with Crippen molar-refractivity contribution in [1.29, 1.82) is 0 Å². The third kappa shape index (κ3) is 3.64. The molecule has 1 saturated heterocycles. The lowest BCUT2D eigenvalue weighted by atomic mass is 10.1. The van der Waals surface area contributed by atoms with Gasteiger partial charge in [0.15, 0.2) is 0 Å². The second-order valence-electron chi connectivity index (χ2n) is 8.40. The molecule has 0 spiro atoms. The minimum Gasteiger partial charge on any atom is -0.330 e. The zero-order valence-electron chi connectivity index (χ0n) is 18.0. The van der Waals surface area contributed by atoms with E-state index in [1.165, 1.54) is 5.56 Å². The van der Waals surface area contributed by atoms with Gasteiger partial charge in [-0.25, -0.2) is 9.98 Å². The van der Waals surface area contributed by atoms with Crippen LogP contribution in [0, 0.1) is 0 Å². The first-order chi connectivity index (χ1) is 16.2. The van der Waals surface area contributed by atoms with E-state index in [1.54, 1.807) is 0 Å². The van der Waals surface area contributed by atoms with Crippen molar-refractivity contribution in [2.24, 2.45) is 4.99 Å². The Morgan fingerprint density at radius 1 is 0.758 bits per heavy atom. The average Bonchev–Trinajstić information content (AvgIpc) is 3.48. The SMILES string of the molecule is Clc1ccc(N2CCCC2=Nc2c3c(nc4ccccc24)N(c2ccccc2)CC3)cc1Cl. The summed E-state index contributed by atoms with van der Waals surface area (Å²) in [6, 6.07) is 24.6. The highest BCUT2D eigenvalue weighted by Gasteiger charge is 2.28. The monoisotopic (exact) mass is 472 g/mol. The fourth-order valence-corrected chi connectivity index (χ4v) is 5.12. The molecule has 0 bridgehead atoms. The van der Waals surface area contributed by atoms with E-state index in [1.807, 2.05) is 30.3 Å². The molecule has 164 valence electrons. The molecule has 2 aliphatic rings. The molecule has 0 atom stereocenters. The van der Waals surface area contributed by atoms with E-state index < -0.39 is 0 Å². The molecule has 0 unspecified atom stereocenters. The van der Waals surface area contributed by atoms with Crippen LogP contribution in [0.25, 0.3) is 10.9 Å². The highest BCUT2D eigenvalue weighted by molar-refractivity contribution is 6.42. The van der Waals surface area contributed by atoms with Gasteiger partial charge in [-0.3, -0.25) is 0 Å². The first-order valence-corrected chi connectivity index (χ1v) is 12.0. The quantitative estimate of drug-likeness (QED) is 0.308. The molecule has 1 fully saturated rings. The van der Waals surface area contributed by atoms with Crippen molar-refractivity contribution in [2.75, 3.05) is 22.9 Å². The number of halogens is 2. The number of aliphatic imine (C=N–C) groups is 1. The van der Waals surface area contributed by atoms with Gasteiger partial charge in [0.25, 0.3) is 0 Å². The second kappa shape index (κ2) is 8.36. The lowest BCUT2D eigenvalue weighted by Crippen LogP contribution is -2.24. The van der Waals surface area contributed by atoms with E-state index in [0.717, 1.165) is 72.0 Å². The Bertz CT molecular complexity index is 1380. The molecular formula is C27H22Cl2N4. The fraction of sp³-hybridized carbons (Fsp3) is 0.185. The molecule has 6 heteroatoms. The molecule has 0 N–H and O–H groups in total. The van der Waals surface area contributed by atoms with Crippen molar-refractivity contribution in [3.8, 4) is 0 Å². The number of hydrogen-bond acceptors (Lipinski definition) is 3. The Morgan fingerprint density at radius 2 is 1.58 bits per heavy atom. The first-order valence-electron chi connectivity index (χ1n) is 11.2. The minimum atomic E-state index is 0.564. The summed E-state index contributed by atoms with van der Waals surface area (Å²) in [5.41, 5.74) is 5.41. The van der Waals surface area contributed by atoms with Gasteiger partial charge >= 0.3 is 0 Å². The summed E-state index contributed by atoms with van der Waals surface area (Å²) in [5, 5.41) is 2.23. The highest BCUT2D eigenvalue weighted by Crippen LogP contribution is 2.43. The summed E-state index contributed by atoms with van der Waals surface area (Å²) < 4.78 is 0. The van der Waals surface area contributed by atoms with Gasteiger partial charge in [-0.15, -0.1) is 0 Å². The van der Waals surface area contributed by atoms with Gasteiger partial charge < -0.3 is 9.80 Å². The van der Waals surface area contributed by atoms with Gasteiger partial charge in [0.05, 0.1) is 21.2 Å². The zero-order chi connectivity index (χ0) is 22.4. The Balaban J connectivity index is 1.50. The normalized spacial score (nSPS) is 16.7. The van der Waals surface area contributed by atoms with Gasteiger partial charge in [-0.1, -0.05) is 59.6 Å². The van der Waals surface area contributed by atoms with E-state index in [0.29, 0.717) is 10.0 Å². The van der Waals surface area contributed by atoms with Crippen LogP contribution in [0.15, 0.2) is 77.8 Å². The molecule has 3 heterocycles. The van der Waals surface area contributed by atoms with Gasteiger partial charge in [0, 0.05) is 41.8 Å². The molecule has 0 saturated carbocycles. The number of hydrogen-bond donors (Lipinski definition) is 0. The molecule has 4 nitrogen and oxygen atoms in total. The van der Waals surface area contributed by atoms with E-state index in [4.69, 9.17) is 33.2 Å². The maximum absolute atomic E-state index is 6.32. The lowest BCUT2D eigenvalue weighted by molar-refractivity contribution is 0.956. The van der Waals surface area contributed by atoms with E-state index >= 15 is 0 Å². The van der Waals surface area contributed by atoms with Crippen molar-refractivity contribution < 1.29 is 0 Å². The van der Waals surface area contributed by atoms with Gasteiger partial charge in [-0.2, -0.15) is 0 Å². The largest absolute Gasteiger partial charge is 0.330 e. The van der Waals surface area contributed by atoms with Gasteiger partial charge in [-0.05, 0) is 49.2 Å². The third-order valence-corrected chi connectivity index (χ3v) is 7.14. The fourth-order valence-electron chi connectivity index (χ4n) is 4.83. The second-order valence-corrected chi connectivity index (χ2v) is 9.21. The van der Waals surface area contributed by atoms with Crippen LogP contribution in [0.5, 0.6) is 0 Å². The first kappa shape index (κ1) is 20.5. The van der Waals surface area contributed by atoms with E-state index in [-0.39, 0.29) is 0 Å². The maximum Gasteiger partial charge on any atom is 0.139 e. The van der Waals surface area contributed by atoms with Crippen LogP contribution in [0.4, 0.5) is 22.9 Å².